The fourth-order valence-corrected chi connectivity index (χ4v) is 7.10. The molecule has 4 rings (SSSR count). The minimum Gasteiger partial charge on any atom is -0.485 e. The van der Waals surface area contributed by atoms with E-state index in [1.165, 1.54) is 16.4 Å². The Morgan fingerprint density at radius 3 is 2.29 bits per heavy atom. The molecule has 1 amide bonds. The van der Waals surface area contributed by atoms with E-state index < -0.39 is 50.0 Å². The number of halogens is 4. The second-order valence-electron chi connectivity index (χ2n) is 10.2. The molecule has 2 aromatic rings. The highest BCUT2D eigenvalue weighted by molar-refractivity contribution is 7.92. The number of alkyl halides is 3. The number of sulfonamides is 1. The van der Waals surface area contributed by atoms with Gasteiger partial charge >= 0.3 is 12.3 Å². The van der Waals surface area contributed by atoms with Crippen molar-refractivity contribution < 1.29 is 48.7 Å². The summed E-state index contributed by atoms with van der Waals surface area (Å²) in [7, 11) is -8.25. The largest absolute Gasteiger partial charge is 0.485 e. The van der Waals surface area contributed by atoms with Gasteiger partial charge in [-0.2, -0.15) is 30.6 Å². The molecule has 0 spiro atoms. The van der Waals surface area contributed by atoms with Gasteiger partial charge in [-0.3, -0.25) is 9.62 Å². The minimum atomic E-state index is -4.85. The summed E-state index contributed by atoms with van der Waals surface area (Å²) < 4.78 is 121. The number of fused-ring (bicyclic) bond motifs is 1. The topological polar surface area (TPSA) is 134 Å². The number of carbonyl (C=O) groups is 1. The third-order valence-electron chi connectivity index (χ3n) is 6.72. The van der Waals surface area contributed by atoms with Crippen LogP contribution < -0.4 is 19.1 Å². The monoisotopic (exact) mass is 638 g/mol. The fraction of sp³-hybridized carbons (Fsp3) is 0.480. The van der Waals surface area contributed by atoms with Gasteiger partial charge in [0.2, 0.25) is 5.60 Å². The number of hydrogen-bond acceptors (Lipinski definition) is 7. The molecule has 2 aliphatic rings. The third-order valence-corrected chi connectivity index (χ3v) is 10.1. The lowest BCUT2D eigenvalue weighted by Gasteiger charge is -2.36. The maximum absolute atomic E-state index is 13.7. The molecule has 2 aliphatic heterocycles. The number of nitrogens with zero attached hydrogens (tertiary/aromatic N) is 2. The van der Waals surface area contributed by atoms with E-state index in [0.29, 0.717) is 26.9 Å². The molecule has 2 heterocycles. The number of piperidine rings is 1. The predicted molar refractivity (Wildman–Crippen MR) is 144 cm³/mol. The van der Waals surface area contributed by atoms with Crippen LogP contribution in [0.1, 0.15) is 33.1 Å². The molecule has 0 aliphatic carbocycles. The zero-order valence-electron chi connectivity index (χ0n) is 22.6. The molecule has 1 saturated heterocycles. The van der Waals surface area contributed by atoms with Gasteiger partial charge in [-0.25, -0.2) is 17.6 Å². The summed E-state index contributed by atoms with van der Waals surface area (Å²) in [6, 6.07) is 7.69. The smallest absolute Gasteiger partial charge is 0.427 e. The van der Waals surface area contributed by atoms with Crippen molar-refractivity contribution in [2.75, 3.05) is 35.8 Å². The first kappa shape index (κ1) is 31.8. The molecular formula is C25H30F4N4O7S2. The Balaban J connectivity index is 1.61. The van der Waals surface area contributed by atoms with Crippen LogP contribution in [0.25, 0.3) is 0 Å². The maximum atomic E-state index is 13.7. The molecule has 0 radical (unpaired) electrons. The number of ether oxygens (including phenoxy) is 2. The summed E-state index contributed by atoms with van der Waals surface area (Å²) in [5, 5.41) is 2.15. The molecule has 0 bridgehead atoms. The van der Waals surface area contributed by atoms with Crippen LogP contribution in [0.2, 0.25) is 0 Å². The maximum Gasteiger partial charge on any atom is 0.427 e. The van der Waals surface area contributed by atoms with Gasteiger partial charge in [0.15, 0.2) is 0 Å². The Labute approximate surface area is 241 Å². The molecule has 11 nitrogen and oxygen atoms in total. The molecule has 2 aromatic carbocycles. The quantitative estimate of drug-likeness (QED) is 0.418. The average molecular weight is 639 g/mol. The highest BCUT2D eigenvalue weighted by atomic mass is 32.2. The van der Waals surface area contributed by atoms with Crippen molar-refractivity contribution in [3.05, 3.63) is 48.3 Å². The molecule has 1 unspecified atom stereocenters. The zero-order valence-corrected chi connectivity index (χ0v) is 24.3. The van der Waals surface area contributed by atoms with Gasteiger partial charge in [0.05, 0.1) is 23.7 Å². The van der Waals surface area contributed by atoms with Crippen LogP contribution in [0.3, 0.4) is 0 Å². The number of nitrogens with one attached hydrogen (secondary N) is 2. The molecule has 17 heteroatoms. The number of hydrogen-bond donors (Lipinski definition) is 2. The van der Waals surface area contributed by atoms with Crippen LogP contribution in [-0.4, -0.2) is 71.3 Å². The summed E-state index contributed by atoms with van der Waals surface area (Å²) in [4.78, 5) is 12.0. The van der Waals surface area contributed by atoms with Crippen LogP contribution in [0.5, 0.6) is 5.75 Å². The first-order valence-electron chi connectivity index (χ1n) is 12.9. The van der Waals surface area contributed by atoms with E-state index in [4.69, 9.17) is 4.74 Å². The second-order valence-corrected chi connectivity index (χ2v) is 13.9. The van der Waals surface area contributed by atoms with Crippen LogP contribution >= 0.6 is 0 Å². The highest BCUT2D eigenvalue weighted by Gasteiger charge is 2.51. The number of carbonyl (C=O) groups excluding carboxylic acids is 1. The van der Waals surface area contributed by atoms with Crippen molar-refractivity contribution in [3.63, 3.8) is 0 Å². The summed E-state index contributed by atoms with van der Waals surface area (Å²) in [6.07, 6.45) is -4.93. The lowest BCUT2D eigenvalue weighted by Crippen LogP contribution is -2.51. The summed E-state index contributed by atoms with van der Waals surface area (Å²) >= 11 is 0. The highest BCUT2D eigenvalue weighted by Crippen LogP contribution is 2.39. The Hall–Kier alpha value is -3.15. The molecular weight excluding hydrogens is 608 g/mol. The standard InChI is InChI=1S/C25H30F4N4O7S2/c1-24(2,25(27,28)29)40-23(34)31-18-8-11-22-21(14-18)33(41(35,36)20-9-6-17(26)7-10-20)16-19(39-22)15-30-42(37,38)32-12-4-3-5-13-32/h6-11,14,19,30H,3-5,12-13,15-16H2,1-2H3,(H,31,34). The van der Waals surface area contributed by atoms with Crippen molar-refractivity contribution in [1.82, 2.24) is 9.03 Å². The fourth-order valence-electron chi connectivity index (χ4n) is 4.29. The molecule has 1 fully saturated rings. The van der Waals surface area contributed by atoms with Crippen molar-refractivity contribution in [3.8, 4) is 5.75 Å². The van der Waals surface area contributed by atoms with Crippen molar-refractivity contribution in [2.24, 2.45) is 0 Å². The molecule has 42 heavy (non-hydrogen) atoms. The van der Waals surface area contributed by atoms with E-state index in [2.05, 4.69) is 14.8 Å². The van der Waals surface area contributed by atoms with E-state index in [1.54, 1.807) is 0 Å². The predicted octanol–water partition coefficient (Wildman–Crippen LogP) is 3.99. The average Bonchev–Trinajstić information content (AvgIpc) is 2.91. The number of anilines is 2. The third kappa shape index (κ3) is 7.07. The Kier molecular flexibility index (Phi) is 8.97. The zero-order chi connectivity index (χ0) is 30.9. The van der Waals surface area contributed by atoms with Gasteiger partial charge < -0.3 is 9.47 Å². The number of rotatable bonds is 8. The van der Waals surface area contributed by atoms with Gasteiger partial charge in [-0.15, -0.1) is 0 Å². The van der Waals surface area contributed by atoms with Gasteiger partial charge in [0.1, 0.15) is 17.7 Å². The molecule has 1 atom stereocenters. The van der Waals surface area contributed by atoms with E-state index in [-0.39, 0.29) is 35.1 Å². The Morgan fingerprint density at radius 2 is 1.67 bits per heavy atom. The van der Waals surface area contributed by atoms with Crippen molar-refractivity contribution in [2.45, 2.75) is 55.9 Å². The van der Waals surface area contributed by atoms with Crippen LogP contribution in [-0.2, 0) is 25.0 Å². The first-order valence-corrected chi connectivity index (χ1v) is 15.8. The molecule has 232 valence electrons. The summed E-state index contributed by atoms with van der Waals surface area (Å²) in [5.41, 5.74) is -3.01. The van der Waals surface area contributed by atoms with Gasteiger partial charge in [-0.1, -0.05) is 6.42 Å². The second kappa shape index (κ2) is 11.9. The lowest BCUT2D eigenvalue weighted by molar-refractivity contribution is -0.242. The molecule has 2 N–H and O–H groups in total. The van der Waals surface area contributed by atoms with E-state index >= 15 is 0 Å². The van der Waals surface area contributed by atoms with Crippen molar-refractivity contribution in [1.29, 1.82) is 0 Å². The van der Waals surface area contributed by atoms with E-state index in [9.17, 15) is 39.2 Å². The Bertz CT molecular complexity index is 1510. The van der Waals surface area contributed by atoms with Gasteiger partial charge in [-0.05, 0) is 69.2 Å². The van der Waals surface area contributed by atoms with Crippen molar-refractivity contribution >= 4 is 37.7 Å². The van der Waals surface area contributed by atoms with Gasteiger partial charge in [0.25, 0.3) is 20.2 Å². The van der Waals surface area contributed by atoms with Crippen LogP contribution in [0, 0.1) is 5.82 Å². The SMILES string of the molecule is CC(C)(OC(=O)Nc1ccc2c(c1)N(S(=O)(=O)c1ccc(F)cc1)CC(CNS(=O)(=O)N1CCCCC1)O2)C(F)(F)F. The first-order chi connectivity index (χ1) is 19.5. The molecule has 0 saturated carbocycles. The van der Waals surface area contributed by atoms with Crippen LogP contribution in [0.4, 0.5) is 33.7 Å². The van der Waals surface area contributed by atoms with Crippen LogP contribution in [0.15, 0.2) is 47.4 Å². The molecule has 0 aromatic heterocycles. The lowest BCUT2D eigenvalue weighted by atomic mass is 10.1. The number of amides is 1. The summed E-state index contributed by atoms with van der Waals surface area (Å²) in [5.74, 6) is -0.684. The van der Waals surface area contributed by atoms with E-state index in [1.807, 2.05) is 0 Å². The summed E-state index contributed by atoms with van der Waals surface area (Å²) in [6.45, 7) is 1.38. The minimum absolute atomic E-state index is 0.0105. The van der Waals surface area contributed by atoms with Gasteiger partial charge in [0, 0.05) is 18.8 Å². The normalized spacial score (nSPS) is 18.6. The van der Waals surface area contributed by atoms with E-state index in [0.717, 1.165) is 53.9 Å². The Morgan fingerprint density at radius 1 is 1.02 bits per heavy atom. The number of benzene rings is 2.